The number of rotatable bonds is 8. The Morgan fingerprint density at radius 1 is 1.29 bits per heavy atom. The van der Waals surface area contributed by atoms with Gasteiger partial charge in [0, 0.05) is 12.1 Å². The van der Waals surface area contributed by atoms with Gasteiger partial charge < -0.3 is 4.74 Å². The van der Waals surface area contributed by atoms with Crippen LogP contribution in [0.2, 0.25) is 0 Å². The number of nitrogens with zero attached hydrogens (tertiary/aromatic N) is 1. The van der Waals surface area contributed by atoms with Crippen LogP contribution in [-0.2, 0) is 10.0 Å². The summed E-state index contributed by atoms with van der Waals surface area (Å²) in [6.07, 6.45) is 1.44. The number of hydrogen-bond acceptors (Lipinski definition) is 6. The molecule has 2 N–H and O–H groups in total. The first-order chi connectivity index (χ1) is 13.4. The van der Waals surface area contributed by atoms with Crippen molar-refractivity contribution in [2.75, 3.05) is 18.5 Å². The van der Waals surface area contributed by atoms with Crippen LogP contribution in [0.5, 0.6) is 5.75 Å². The van der Waals surface area contributed by atoms with E-state index in [0.717, 1.165) is 16.0 Å². The summed E-state index contributed by atoms with van der Waals surface area (Å²) in [6.45, 7) is 6.06. The molecule has 2 aromatic carbocycles. The van der Waals surface area contributed by atoms with Gasteiger partial charge in [0.15, 0.2) is 5.13 Å². The van der Waals surface area contributed by atoms with Crippen molar-refractivity contribution in [1.82, 2.24) is 9.71 Å². The fourth-order valence-electron chi connectivity index (χ4n) is 2.44. The summed E-state index contributed by atoms with van der Waals surface area (Å²) >= 11 is 1.32. The number of carbonyl (C=O) groups is 1. The highest BCUT2D eigenvalue weighted by Gasteiger charge is 2.16. The fraction of sp³-hybridized carbons (Fsp3) is 0.158. The molecule has 0 saturated carbocycles. The molecular weight excluding hydrogens is 398 g/mol. The lowest BCUT2D eigenvalue weighted by atomic mass is 10.2. The van der Waals surface area contributed by atoms with Crippen molar-refractivity contribution < 1.29 is 17.9 Å². The van der Waals surface area contributed by atoms with Crippen molar-refractivity contribution in [1.29, 1.82) is 0 Å². The Morgan fingerprint density at radius 2 is 2.11 bits per heavy atom. The average molecular weight is 418 g/mol. The molecule has 28 heavy (non-hydrogen) atoms. The van der Waals surface area contributed by atoms with E-state index in [1.165, 1.54) is 35.6 Å². The predicted molar refractivity (Wildman–Crippen MR) is 111 cm³/mol. The molecule has 3 aromatic rings. The molecular formula is C19H19N3O4S2. The molecule has 0 bridgehead atoms. The summed E-state index contributed by atoms with van der Waals surface area (Å²) in [5.41, 5.74) is 0.962. The van der Waals surface area contributed by atoms with Crippen LogP contribution < -0.4 is 14.8 Å². The van der Waals surface area contributed by atoms with Gasteiger partial charge in [-0.15, -0.1) is 6.58 Å². The molecule has 9 heteroatoms. The number of benzene rings is 2. The number of ether oxygens (including phenoxy) is 1. The summed E-state index contributed by atoms with van der Waals surface area (Å²) < 4.78 is 33.2. The summed E-state index contributed by atoms with van der Waals surface area (Å²) in [6, 6.07) is 11.3. The molecule has 146 valence electrons. The number of hydrogen-bond donors (Lipinski definition) is 2. The van der Waals surface area contributed by atoms with E-state index >= 15 is 0 Å². The highest BCUT2D eigenvalue weighted by Crippen LogP contribution is 2.29. The highest BCUT2D eigenvalue weighted by molar-refractivity contribution is 7.89. The van der Waals surface area contributed by atoms with E-state index < -0.39 is 15.9 Å². The van der Waals surface area contributed by atoms with Crippen LogP contribution >= 0.6 is 11.3 Å². The number of aromatic nitrogens is 1. The number of nitrogens with one attached hydrogen (secondary N) is 2. The van der Waals surface area contributed by atoms with E-state index in [4.69, 9.17) is 4.74 Å². The molecule has 7 nitrogen and oxygen atoms in total. The monoisotopic (exact) mass is 417 g/mol. The first-order valence-corrected chi connectivity index (χ1v) is 10.8. The largest absolute Gasteiger partial charge is 0.494 e. The van der Waals surface area contributed by atoms with E-state index in [1.54, 1.807) is 6.07 Å². The summed E-state index contributed by atoms with van der Waals surface area (Å²) in [5.74, 6) is 0.298. The SMILES string of the molecule is C=CCNS(=O)(=O)c1cccc(C(=O)Nc2nc3ccc(OCC)cc3s2)c1. The van der Waals surface area contributed by atoms with Gasteiger partial charge in [-0.3, -0.25) is 10.1 Å². The molecule has 0 radical (unpaired) electrons. The van der Waals surface area contributed by atoms with Gasteiger partial charge in [0.05, 0.1) is 21.7 Å². The second-order valence-corrected chi connectivity index (χ2v) is 8.50. The standard InChI is InChI=1S/C19H19N3O4S2/c1-3-10-20-28(24,25)15-7-5-6-13(11-15)18(23)22-19-21-16-9-8-14(26-4-2)12-17(16)27-19/h3,5-9,11-12,20H,1,4,10H2,2H3,(H,21,22,23). The third-order valence-electron chi connectivity index (χ3n) is 3.72. The maximum absolute atomic E-state index is 12.6. The van der Waals surface area contributed by atoms with Crippen LogP contribution in [0.15, 0.2) is 60.0 Å². The number of anilines is 1. The topological polar surface area (TPSA) is 97.4 Å². The predicted octanol–water partition coefficient (Wildman–Crippen LogP) is 3.41. The molecule has 1 amide bonds. The van der Waals surface area contributed by atoms with Gasteiger partial charge in [0.25, 0.3) is 5.91 Å². The molecule has 0 aliphatic carbocycles. The Balaban J connectivity index is 1.80. The number of fused-ring (bicyclic) bond motifs is 1. The lowest BCUT2D eigenvalue weighted by Gasteiger charge is -2.07. The first-order valence-electron chi connectivity index (χ1n) is 8.48. The average Bonchev–Trinajstić information content (AvgIpc) is 3.08. The molecule has 0 saturated heterocycles. The Bertz CT molecular complexity index is 1120. The lowest BCUT2D eigenvalue weighted by Crippen LogP contribution is -2.24. The maximum Gasteiger partial charge on any atom is 0.257 e. The summed E-state index contributed by atoms with van der Waals surface area (Å²) in [7, 11) is -3.71. The number of thiazole rings is 1. The number of sulfonamides is 1. The molecule has 0 aliphatic rings. The summed E-state index contributed by atoms with van der Waals surface area (Å²) in [4.78, 5) is 16.9. The Morgan fingerprint density at radius 3 is 2.86 bits per heavy atom. The van der Waals surface area contributed by atoms with Gasteiger partial charge in [0.1, 0.15) is 5.75 Å². The lowest BCUT2D eigenvalue weighted by molar-refractivity contribution is 0.102. The second-order valence-electron chi connectivity index (χ2n) is 5.70. The maximum atomic E-state index is 12.6. The van der Waals surface area contributed by atoms with E-state index in [0.29, 0.717) is 11.7 Å². The van der Waals surface area contributed by atoms with Crippen LogP contribution in [0.3, 0.4) is 0 Å². The molecule has 0 spiro atoms. The van der Waals surface area contributed by atoms with Crippen molar-refractivity contribution in [3.63, 3.8) is 0 Å². The molecule has 0 unspecified atom stereocenters. The van der Waals surface area contributed by atoms with E-state index in [-0.39, 0.29) is 17.0 Å². The molecule has 1 heterocycles. The van der Waals surface area contributed by atoms with Crippen LogP contribution in [0.1, 0.15) is 17.3 Å². The Kier molecular flexibility index (Phi) is 6.08. The fourth-order valence-corrected chi connectivity index (χ4v) is 4.37. The van der Waals surface area contributed by atoms with Gasteiger partial charge in [0.2, 0.25) is 10.0 Å². The van der Waals surface area contributed by atoms with Crippen LogP contribution in [0, 0.1) is 0 Å². The molecule has 0 aliphatic heterocycles. The highest BCUT2D eigenvalue weighted by atomic mass is 32.2. The minimum atomic E-state index is -3.71. The molecule has 0 fully saturated rings. The zero-order valence-electron chi connectivity index (χ0n) is 15.1. The van der Waals surface area contributed by atoms with Gasteiger partial charge in [-0.05, 0) is 43.3 Å². The Labute approximate surface area is 167 Å². The van der Waals surface area contributed by atoms with Gasteiger partial charge >= 0.3 is 0 Å². The van der Waals surface area contributed by atoms with Crippen molar-refractivity contribution in [2.24, 2.45) is 0 Å². The zero-order chi connectivity index (χ0) is 20.1. The van der Waals surface area contributed by atoms with Crippen molar-refractivity contribution in [2.45, 2.75) is 11.8 Å². The quantitative estimate of drug-likeness (QED) is 0.548. The van der Waals surface area contributed by atoms with Crippen molar-refractivity contribution in [3.8, 4) is 5.75 Å². The van der Waals surface area contributed by atoms with E-state index in [1.807, 2.05) is 25.1 Å². The van der Waals surface area contributed by atoms with Crippen LogP contribution in [0.25, 0.3) is 10.2 Å². The first kappa shape index (κ1) is 20.0. The molecule has 0 atom stereocenters. The molecule has 1 aromatic heterocycles. The zero-order valence-corrected chi connectivity index (χ0v) is 16.8. The van der Waals surface area contributed by atoms with Crippen LogP contribution in [-0.4, -0.2) is 32.5 Å². The smallest absolute Gasteiger partial charge is 0.257 e. The van der Waals surface area contributed by atoms with Gasteiger partial charge in [-0.2, -0.15) is 0 Å². The third kappa shape index (κ3) is 4.56. The minimum absolute atomic E-state index is 0.00709. The number of carbonyl (C=O) groups excluding carboxylic acids is 1. The normalized spacial score (nSPS) is 11.3. The van der Waals surface area contributed by atoms with Gasteiger partial charge in [-0.25, -0.2) is 18.1 Å². The van der Waals surface area contributed by atoms with Gasteiger partial charge in [-0.1, -0.05) is 23.5 Å². The Hall–Kier alpha value is -2.75. The van der Waals surface area contributed by atoms with Crippen LogP contribution in [0.4, 0.5) is 5.13 Å². The van der Waals surface area contributed by atoms with Crippen molar-refractivity contribution >= 4 is 42.6 Å². The van der Waals surface area contributed by atoms with E-state index in [2.05, 4.69) is 21.6 Å². The molecule has 3 rings (SSSR count). The van der Waals surface area contributed by atoms with Crippen molar-refractivity contribution in [3.05, 3.63) is 60.7 Å². The second kappa shape index (κ2) is 8.51. The van der Waals surface area contributed by atoms with E-state index in [9.17, 15) is 13.2 Å². The minimum Gasteiger partial charge on any atom is -0.494 e. The third-order valence-corrected chi connectivity index (χ3v) is 6.07. The number of amides is 1. The summed E-state index contributed by atoms with van der Waals surface area (Å²) in [5, 5.41) is 3.14.